The molecule has 0 aliphatic heterocycles. The molecule has 2 aromatic rings. The van der Waals surface area contributed by atoms with Crippen LogP contribution in [0.3, 0.4) is 0 Å². The van der Waals surface area contributed by atoms with Crippen LogP contribution in [0.2, 0.25) is 0 Å². The summed E-state index contributed by atoms with van der Waals surface area (Å²) >= 11 is 0. The molecule has 0 aliphatic rings. The number of rotatable bonds is 4. The van der Waals surface area contributed by atoms with Crippen molar-refractivity contribution in [1.29, 1.82) is 5.26 Å². The van der Waals surface area contributed by atoms with Crippen molar-refractivity contribution >= 4 is 5.82 Å². The third-order valence-electron chi connectivity index (χ3n) is 2.37. The van der Waals surface area contributed by atoms with Crippen LogP contribution in [0.15, 0.2) is 42.6 Å². The number of para-hydroxylation sites is 1. The van der Waals surface area contributed by atoms with Crippen molar-refractivity contribution in [2.45, 2.75) is 6.61 Å². The van der Waals surface area contributed by atoms with Crippen LogP contribution in [0.1, 0.15) is 11.1 Å². The molecule has 0 radical (unpaired) electrons. The number of benzene rings is 1. The van der Waals surface area contributed by atoms with Crippen LogP contribution in [0, 0.1) is 11.3 Å². The van der Waals surface area contributed by atoms with Crippen LogP contribution in [-0.2, 0) is 6.61 Å². The van der Waals surface area contributed by atoms with Gasteiger partial charge in [-0.25, -0.2) is 10.8 Å². The van der Waals surface area contributed by atoms with Gasteiger partial charge in [0.05, 0.1) is 5.56 Å². The summed E-state index contributed by atoms with van der Waals surface area (Å²) in [5.41, 5.74) is 3.91. The Morgan fingerprint density at radius 1 is 1.33 bits per heavy atom. The summed E-state index contributed by atoms with van der Waals surface area (Å²) in [6.45, 7) is 0.357. The van der Waals surface area contributed by atoms with Crippen LogP contribution in [0.25, 0.3) is 0 Å². The standard InChI is InChI=1S/C13H12N4O/c14-8-11-3-1-2-4-12(11)18-9-10-5-6-16-13(7-10)17-15/h1-7H,9,15H2,(H,16,17). The number of nitrogens with one attached hydrogen (secondary N) is 1. The monoisotopic (exact) mass is 240 g/mol. The molecule has 0 atom stereocenters. The summed E-state index contributed by atoms with van der Waals surface area (Å²) in [6, 6.07) is 12.8. The molecule has 1 aromatic carbocycles. The number of anilines is 1. The van der Waals surface area contributed by atoms with E-state index in [1.807, 2.05) is 12.1 Å². The lowest BCUT2D eigenvalue weighted by molar-refractivity contribution is 0.305. The second kappa shape index (κ2) is 5.66. The van der Waals surface area contributed by atoms with E-state index in [2.05, 4.69) is 16.5 Å². The van der Waals surface area contributed by atoms with Crippen molar-refractivity contribution in [3.05, 3.63) is 53.7 Å². The van der Waals surface area contributed by atoms with Crippen molar-refractivity contribution in [2.24, 2.45) is 5.84 Å². The van der Waals surface area contributed by atoms with Gasteiger partial charge in [-0.3, -0.25) is 0 Å². The number of hydrogen-bond acceptors (Lipinski definition) is 5. The SMILES string of the molecule is N#Cc1ccccc1OCc1ccnc(NN)c1. The molecule has 5 heteroatoms. The maximum atomic E-state index is 8.93. The van der Waals surface area contributed by atoms with Gasteiger partial charge >= 0.3 is 0 Å². The molecule has 0 spiro atoms. The third-order valence-corrected chi connectivity index (χ3v) is 2.37. The van der Waals surface area contributed by atoms with Gasteiger partial charge in [0.25, 0.3) is 0 Å². The quantitative estimate of drug-likeness (QED) is 0.629. The third kappa shape index (κ3) is 2.75. The number of ether oxygens (including phenoxy) is 1. The normalized spacial score (nSPS) is 9.56. The van der Waals surface area contributed by atoms with Crippen LogP contribution in [0.5, 0.6) is 5.75 Å². The molecular weight excluding hydrogens is 228 g/mol. The number of nitrogens with zero attached hydrogens (tertiary/aromatic N) is 2. The number of nitriles is 1. The lowest BCUT2D eigenvalue weighted by atomic mass is 10.2. The first-order valence-corrected chi connectivity index (χ1v) is 5.37. The van der Waals surface area contributed by atoms with Gasteiger partial charge in [0.1, 0.15) is 24.2 Å². The number of hydrazine groups is 1. The zero-order valence-electron chi connectivity index (χ0n) is 9.63. The number of nitrogen functional groups attached to an aromatic ring is 1. The second-order valence-corrected chi connectivity index (χ2v) is 3.59. The van der Waals surface area contributed by atoms with E-state index in [-0.39, 0.29) is 0 Å². The van der Waals surface area contributed by atoms with Crippen molar-refractivity contribution < 1.29 is 4.74 Å². The van der Waals surface area contributed by atoms with E-state index in [9.17, 15) is 0 Å². The molecule has 0 unspecified atom stereocenters. The molecule has 0 amide bonds. The first kappa shape index (κ1) is 11.9. The molecule has 1 heterocycles. The predicted octanol–water partition coefficient (Wildman–Crippen LogP) is 1.82. The molecule has 0 aliphatic carbocycles. The van der Waals surface area contributed by atoms with E-state index in [0.717, 1.165) is 5.56 Å². The molecule has 0 saturated heterocycles. The topological polar surface area (TPSA) is 84.0 Å². The summed E-state index contributed by atoms with van der Waals surface area (Å²) in [7, 11) is 0. The Labute approximate surface area is 105 Å². The lowest BCUT2D eigenvalue weighted by Gasteiger charge is -2.08. The van der Waals surface area contributed by atoms with Crippen molar-refractivity contribution in [3.63, 3.8) is 0 Å². The van der Waals surface area contributed by atoms with Crippen LogP contribution in [0.4, 0.5) is 5.82 Å². The molecule has 90 valence electrons. The number of hydrogen-bond donors (Lipinski definition) is 2. The average molecular weight is 240 g/mol. The fourth-order valence-electron chi connectivity index (χ4n) is 1.49. The molecule has 5 nitrogen and oxygen atoms in total. The van der Waals surface area contributed by atoms with Gasteiger partial charge in [0, 0.05) is 6.20 Å². The Hall–Kier alpha value is -2.58. The maximum absolute atomic E-state index is 8.93. The van der Waals surface area contributed by atoms with Crippen molar-refractivity contribution in [2.75, 3.05) is 5.43 Å². The Bertz CT molecular complexity index is 577. The van der Waals surface area contributed by atoms with Gasteiger partial charge in [0.2, 0.25) is 0 Å². The van der Waals surface area contributed by atoms with E-state index in [4.69, 9.17) is 15.8 Å². The van der Waals surface area contributed by atoms with Crippen LogP contribution in [-0.4, -0.2) is 4.98 Å². The molecular formula is C13H12N4O. The van der Waals surface area contributed by atoms with Crippen LogP contribution < -0.4 is 16.0 Å². The van der Waals surface area contributed by atoms with E-state index >= 15 is 0 Å². The minimum absolute atomic E-state index is 0.357. The first-order chi connectivity index (χ1) is 8.83. The predicted molar refractivity (Wildman–Crippen MR) is 67.5 cm³/mol. The molecule has 0 saturated carbocycles. The highest BCUT2D eigenvalue weighted by Crippen LogP contribution is 2.18. The van der Waals surface area contributed by atoms with E-state index in [1.165, 1.54) is 0 Å². The molecule has 1 aromatic heterocycles. The van der Waals surface area contributed by atoms with E-state index in [0.29, 0.717) is 23.7 Å². The fraction of sp³-hybridized carbons (Fsp3) is 0.0769. The summed E-state index contributed by atoms with van der Waals surface area (Å²) < 4.78 is 5.59. The van der Waals surface area contributed by atoms with Gasteiger partial charge in [-0.1, -0.05) is 12.1 Å². The van der Waals surface area contributed by atoms with E-state index in [1.54, 1.807) is 30.5 Å². The number of pyridine rings is 1. The summed E-state index contributed by atoms with van der Waals surface area (Å²) in [5, 5.41) is 8.93. The number of aromatic nitrogens is 1. The van der Waals surface area contributed by atoms with Gasteiger partial charge < -0.3 is 10.2 Å². The Morgan fingerprint density at radius 3 is 2.94 bits per heavy atom. The Morgan fingerprint density at radius 2 is 2.17 bits per heavy atom. The van der Waals surface area contributed by atoms with Gasteiger partial charge in [-0.05, 0) is 29.8 Å². The molecule has 3 N–H and O–H groups in total. The maximum Gasteiger partial charge on any atom is 0.140 e. The highest BCUT2D eigenvalue weighted by molar-refractivity contribution is 5.43. The molecule has 0 bridgehead atoms. The molecule has 18 heavy (non-hydrogen) atoms. The van der Waals surface area contributed by atoms with Gasteiger partial charge in [-0.15, -0.1) is 0 Å². The van der Waals surface area contributed by atoms with E-state index < -0.39 is 0 Å². The lowest BCUT2D eigenvalue weighted by Crippen LogP contribution is -2.09. The van der Waals surface area contributed by atoms with Crippen molar-refractivity contribution in [3.8, 4) is 11.8 Å². The van der Waals surface area contributed by atoms with Crippen LogP contribution >= 0.6 is 0 Å². The minimum Gasteiger partial charge on any atom is -0.488 e. The van der Waals surface area contributed by atoms with Crippen molar-refractivity contribution in [1.82, 2.24) is 4.98 Å². The Balaban J connectivity index is 2.09. The minimum atomic E-state index is 0.357. The fourth-order valence-corrected chi connectivity index (χ4v) is 1.49. The largest absolute Gasteiger partial charge is 0.488 e. The first-order valence-electron chi connectivity index (χ1n) is 5.37. The summed E-state index contributed by atoms with van der Waals surface area (Å²) in [5.74, 6) is 6.42. The zero-order chi connectivity index (χ0) is 12.8. The van der Waals surface area contributed by atoms with Gasteiger partial charge in [-0.2, -0.15) is 5.26 Å². The zero-order valence-corrected chi connectivity index (χ0v) is 9.63. The highest BCUT2D eigenvalue weighted by atomic mass is 16.5. The average Bonchev–Trinajstić information content (AvgIpc) is 2.45. The molecule has 0 fully saturated rings. The second-order valence-electron chi connectivity index (χ2n) is 3.59. The Kier molecular flexibility index (Phi) is 3.74. The summed E-state index contributed by atoms with van der Waals surface area (Å²) in [4.78, 5) is 4.00. The van der Waals surface area contributed by atoms with Gasteiger partial charge in [0.15, 0.2) is 0 Å². The summed E-state index contributed by atoms with van der Waals surface area (Å²) in [6.07, 6.45) is 1.64. The molecule has 2 rings (SSSR count). The highest BCUT2D eigenvalue weighted by Gasteiger charge is 2.02. The number of nitrogens with two attached hydrogens (primary N) is 1. The smallest absolute Gasteiger partial charge is 0.140 e.